The lowest BCUT2D eigenvalue weighted by Gasteiger charge is -2.34. The van der Waals surface area contributed by atoms with E-state index in [1.165, 1.54) is 43.4 Å². The predicted octanol–water partition coefficient (Wildman–Crippen LogP) is 3.12. The van der Waals surface area contributed by atoms with Crippen molar-refractivity contribution < 1.29 is 19.1 Å². The van der Waals surface area contributed by atoms with E-state index in [1.807, 2.05) is 24.3 Å². The number of carbonyl (C=O) groups is 3. The highest BCUT2D eigenvalue weighted by Gasteiger charge is 2.26. The number of hydrogen-bond acceptors (Lipinski definition) is 6. The van der Waals surface area contributed by atoms with Crippen LogP contribution >= 0.6 is 11.3 Å². The van der Waals surface area contributed by atoms with Crippen molar-refractivity contribution in [3.05, 3.63) is 45.9 Å². The first-order chi connectivity index (χ1) is 16.5. The summed E-state index contributed by atoms with van der Waals surface area (Å²) in [6.07, 6.45) is 7.81. The largest absolute Gasteiger partial charge is 0.494 e. The number of rotatable bonds is 8. The number of benzene rings is 1. The molecule has 0 radical (unpaired) electrons. The lowest BCUT2D eigenvalue weighted by Crippen LogP contribution is -2.51. The van der Waals surface area contributed by atoms with Gasteiger partial charge < -0.3 is 20.3 Å². The van der Waals surface area contributed by atoms with E-state index >= 15 is 0 Å². The zero-order chi connectivity index (χ0) is 23.9. The Labute approximate surface area is 204 Å². The molecule has 8 nitrogen and oxygen atoms in total. The first-order valence-corrected chi connectivity index (χ1v) is 12.9. The van der Waals surface area contributed by atoms with Crippen LogP contribution in [0, 0.1) is 5.92 Å². The normalized spacial score (nSPS) is 16.9. The molecule has 1 aromatic heterocycles. The SMILES string of the molecule is NC(=O)c1csc(CC(=O)N2CCN(C(=O)c3cccc(OCCC4CCCCC4)c3)CC2)n1. The maximum Gasteiger partial charge on any atom is 0.268 e. The van der Waals surface area contributed by atoms with E-state index in [1.54, 1.807) is 15.2 Å². The molecule has 1 aliphatic heterocycles. The third kappa shape index (κ3) is 6.34. The molecule has 1 aromatic carbocycles. The van der Waals surface area contributed by atoms with Gasteiger partial charge in [-0.1, -0.05) is 38.2 Å². The van der Waals surface area contributed by atoms with Crippen molar-refractivity contribution in [3.8, 4) is 5.75 Å². The minimum Gasteiger partial charge on any atom is -0.494 e. The van der Waals surface area contributed by atoms with Gasteiger partial charge in [-0.15, -0.1) is 11.3 Å². The van der Waals surface area contributed by atoms with Gasteiger partial charge in [-0.2, -0.15) is 0 Å². The van der Waals surface area contributed by atoms with Crippen LogP contribution in [0.25, 0.3) is 0 Å². The number of hydrogen-bond donors (Lipinski definition) is 1. The minimum atomic E-state index is -0.597. The fraction of sp³-hybridized carbons (Fsp3) is 0.520. The monoisotopic (exact) mass is 484 g/mol. The van der Waals surface area contributed by atoms with E-state index in [0.29, 0.717) is 43.4 Å². The second kappa shape index (κ2) is 11.5. The van der Waals surface area contributed by atoms with Crippen LogP contribution in [0.3, 0.4) is 0 Å². The average Bonchev–Trinajstić information content (AvgIpc) is 3.33. The first-order valence-electron chi connectivity index (χ1n) is 12.0. The fourth-order valence-electron chi connectivity index (χ4n) is 4.63. The minimum absolute atomic E-state index is 0.0455. The summed E-state index contributed by atoms with van der Waals surface area (Å²) < 4.78 is 5.95. The smallest absolute Gasteiger partial charge is 0.268 e. The molecule has 2 aliphatic rings. The number of thiazole rings is 1. The molecule has 2 aromatic rings. The van der Waals surface area contributed by atoms with Crippen LogP contribution < -0.4 is 10.5 Å². The lowest BCUT2D eigenvalue weighted by atomic mass is 9.87. The topological polar surface area (TPSA) is 106 Å². The molecule has 2 heterocycles. The van der Waals surface area contributed by atoms with E-state index in [4.69, 9.17) is 10.5 Å². The van der Waals surface area contributed by atoms with Crippen LogP contribution in [0.5, 0.6) is 5.75 Å². The second-order valence-corrected chi connectivity index (χ2v) is 9.95. The lowest BCUT2D eigenvalue weighted by molar-refractivity contribution is -0.131. The Balaban J connectivity index is 1.24. The van der Waals surface area contributed by atoms with E-state index in [2.05, 4.69) is 4.98 Å². The molecule has 0 unspecified atom stereocenters. The molecular formula is C25H32N4O4S. The summed E-state index contributed by atoms with van der Waals surface area (Å²) in [6.45, 7) is 2.57. The van der Waals surface area contributed by atoms with E-state index in [9.17, 15) is 14.4 Å². The summed E-state index contributed by atoms with van der Waals surface area (Å²) >= 11 is 1.25. The molecule has 2 N–H and O–H groups in total. The Morgan fingerprint density at radius 2 is 1.79 bits per heavy atom. The third-order valence-electron chi connectivity index (χ3n) is 6.63. The molecule has 4 rings (SSSR count). The van der Waals surface area contributed by atoms with Crippen LogP contribution in [0.1, 0.15) is 64.4 Å². The molecule has 3 amide bonds. The van der Waals surface area contributed by atoms with Crippen molar-refractivity contribution >= 4 is 29.1 Å². The van der Waals surface area contributed by atoms with Gasteiger partial charge in [0, 0.05) is 37.1 Å². The van der Waals surface area contributed by atoms with Crippen LogP contribution in [-0.4, -0.2) is 65.3 Å². The van der Waals surface area contributed by atoms with Crippen molar-refractivity contribution in [1.82, 2.24) is 14.8 Å². The van der Waals surface area contributed by atoms with Crippen molar-refractivity contribution in [2.75, 3.05) is 32.8 Å². The number of nitrogens with two attached hydrogens (primary N) is 1. The van der Waals surface area contributed by atoms with Gasteiger partial charge in [0.05, 0.1) is 13.0 Å². The summed E-state index contributed by atoms with van der Waals surface area (Å²) in [5.41, 5.74) is 6.01. The first kappa shape index (κ1) is 24.2. The average molecular weight is 485 g/mol. The molecule has 34 heavy (non-hydrogen) atoms. The number of amides is 3. The van der Waals surface area contributed by atoms with Crippen molar-refractivity contribution in [1.29, 1.82) is 0 Å². The van der Waals surface area contributed by atoms with Crippen molar-refractivity contribution in [2.24, 2.45) is 11.7 Å². The molecule has 1 aliphatic carbocycles. The van der Waals surface area contributed by atoms with Gasteiger partial charge >= 0.3 is 0 Å². The van der Waals surface area contributed by atoms with Crippen molar-refractivity contribution in [3.63, 3.8) is 0 Å². The number of primary amides is 1. The summed E-state index contributed by atoms with van der Waals surface area (Å²) in [7, 11) is 0. The van der Waals surface area contributed by atoms with Gasteiger partial charge in [0.15, 0.2) is 0 Å². The number of aromatic nitrogens is 1. The summed E-state index contributed by atoms with van der Waals surface area (Å²) in [6, 6.07) is 7.39. The van der Waals surface area contributed by atoms with Gasteiger partial charge in [0.25, 0.3) is 11.8 Å². The Hall–Kier alpha value is -2.94. The Morgan fingerprint density at radius 3 is 2.50 bits per heavy atom. The zero-order valence-corrected chi connectivity index (χ0v) is 20.2. The standard InChI is InChI=1S/C25H32N4O4S/c26-24(31)21-17-34-22(27-21)16-23(30)28-10-12-29(13-11-28)25(32)19-7-4-8-20(15-19)33-14-9-18-5-2-1-3-6-18/h4,7-8,15,17-18H,1-3,5-6,9-14,16H2,(H2,26,31). The van der Waals surface area contributed by atoms with Crippen LogP contribution in [0.4, 0.5) is 0 Å². The molecule has 2 fully saturated rings. The van der Waals surface area contributed by atoms with Gasteiger partial charge in [-0.3, -0.25) is 14.4 Å². The number of ether oxygens (including phenoxy) is 1. The third-order valence-corrected chi connectivity index (χ3v) is 7.48. The highest BCUT2D eigenvalue weighted by Crippen LogP contribution is 2.26. The molecule has 9 heteroatoms. The summed E-state index contributed by atoms with van der Waals surface area (Å²) in [4.78, 5) is 44.4. The van der Waals surface area contributed by atoms with Crippen LogP contribution in [-0.2, 0) is 11.2 Å². The second-order valence-electron chi connectivity index (χ2n) is 9.01. The van der Waals surface area contributed by atoms with E-state index in [0.717, 1.165) is 18.1 Å². The number of piperazine rings is 1. The molecule has 0 spiro atoms. The van der Waals surface area contributed by atoms with Gasteiger partial charge in [0.1, 0.15) is 16.5 Å². The molecule has 0 bridgehead atoms. The van der Waals surface area contributed by atoms with Crippen molar-refractivity contribution in [2.45, 2.75) is 44.9 Å². The predicted molar refractivity (Wildman–Crippen MR) is 130 cm³/mol. The maximum absolute atomic E-state index is 13.0. The summed E-state index contributed by atoms with van der Waals surface area (Å²) in [5.74, 6) is 0.787. The molecule has 0 atom stereocenters. The Bertz CT molecular complexity index is 1010. The molecule has 1 saturated carbocycles. The quantitative estimate of drug-likeness (QED) is 0.620. The molecule has 182 valence electrons. The Morgan fingerprint density at radius 1 is 1.06 bits per heavy atom. The summed E-state index contributed by atoms with van der Waals surface area (Å²) in [5, 5.41) is 2.13. The number of nitrogens with zero attached hydrogens (tertiary/aromatic N) is 3. The van der Waals surface area contributed by atoms with Gasteiger partial charge in [-0.05, 0) is 30.5 Å². The van der Waals surface area contributed by atoms with Crippen LogP contribution in [0.15, 0.2) is 29.6 Å². The van der Waals surface area contributed by atoms with E-state index < -0.39 is 5.91 Å². The fourth-order valence-corrected chi connectivity index (χ4v) is 5.40. The maximum atomic E-state index is 13.0. The highest BCUT2D eigenvalue weighted by molar-refractivity contribution is 7.09. The van der Waals surface area contributed by atoms with E-state index in [-0.39, 0.29) is 23.9 Å². The van der Waals surface area contributed by atoms with Crippen LogP contribution in [0.2, 0.25) is 0 Å². The molecular weight excluding hydrogens is 452 g/mol. The highest BCUT2D eigenvalue weighted by atomic mass is 32.1. The zero-order valence-electron chi connectivity index (χ0n) is 19.4. The Kier molecular flexibility index (Phi) is 8.16. The molecule has 1 saturated heterocycles. The van der Waals surface area contributed by atoms with Gasteiger partial charge in [-0.25, -0.2) is 4.98 Å². The number of carbonyl (C=O) groups excluding carboxylic acids is 3. The van der Waals surface area contributed by atoms with Gasteiger partial charge in [0.2, 0.25) is 5.91 Å².